The van der Waals surface area contributed by atoms with E-state index < -0.39 is 43.7 Å². The Balaban J connectivity index is 1.87. The molecule has 6 rings (SSSR count). The number of carbonyl (C=O) groups is 2. The maximum Gasteiger partial charge on any atom is 0.344 e. The summed E-state index contributed by atoms with van der Waals surface area (Å²) < 4.78 is 11.2. The number of nitrogens with zero attached hydrogens (tertiary/aromatic N) is 2. The summed E-state index contributed by atoms with van der Waals surface area (Å²) in [4.78, 5) is 55.5. The number of hydrogen-bond acceptors (Lipinski definition) is 8. The first kappa shape index (κ1) is 29.3. The van der Waals surface area contributed by atoms with Crippen LogP contribution >= 0.6 is 23.2 Å². The van der Waals surface area contributed by atoms with Crippen molar-refractivity contribution < 1.29 is 18.4 Å². The molecule has 0 aromatic rings. The van der Waals surface area contributed by atoms with Crippen LogP contribution in [-0.2, 0) is 9.59 Å². The Kier molecular flexibility index (Phi) is 6.59. The van der Waals surface area contributed by atoms with E-state index in [2.05, 4.69) is 0 Å². The molecule has 44 heavy (non-hydrogen) atoms. The van der Waals surface area contributed by atoms with Crippen LogP contribution in [0.3, 0.4) is 0 Å². The molecule has 2 heterocycles. The lowest BCUT2D eigenvalue weighted by Crippen LogP contribution is -2.62. The zero-order valence-corrected chi connectivity index (χ0v) is 25.4. The van der Waals surface area contributed by atoms with E-state index in [9.17, 15) is 29.7 Å². The summed E-state index contributed by atoms with van der Waals surface area (Å²) in [6, 6.07) is 17.3. The average molecular weight is 625 g/mol. The van der Waals surface area contributed by atoms with Crippen LogP contribution in [0.4, 0.5) is 0 Å². The monoisotopic (exact) mass is 624 g/mol. The molecule has 2 unspecified atom stereocenters. The Morgan fingerprint density at radius 3 is 1.34 bits per heavy atom. The number of ketones is 2. The van der Waals surface area contributed by atoms with Gasteiger partial charge in [-0.3, -0.25) is 9.59 Å². The van der Waals surface area contributed by atoms with Gasteiger partial charge in [-0.05, 0) is 47.2 Å². The number of nitriles is 2. The van der Waals surface area contributed by atoms with E-state index in [1.54, 1.807) is 36.4 Å². The topological polar surface area (TPSA) is 142 Å². The van der Waals surface area contributed by atoms with Gasteiger partial charge < -0.3 is 8.83 Å². The van der Waals surface area contributed by atoms with Gasteiger partial charge in [0, 0.05) is 22.3 Å². The number of fused-ring (bicyclic) bond motifs is 3. The zero-order valence-electron chi connectivity index (χ0n) is 23.9. The van der Waals surface area contributed by atoms with Crippen LogP contribution in [0.25, 0.3) is 33.8 Å². The molecule has 0 spiro atoms. The lowest BCUT2D eigenvalue weighted by atomic mass is 9.40. The Hall–Kier alpha value is -4.76. The molecule has 0 aromatic carbocycles. The summed E-state index contributed by atoms with van der Waals surface area (Å²) in [6.07, 6.45) is 0. The minimum atomic E-state index is -2.63. The number of carbonyl (C=O) groups excluding carboxylic acids is 2. The van der Waals surface area contributed by atoms with Crippen LogP contribution in [0.15, 0.2) is 77.0 Å². The Labute approximate surface area is 261 Å². The highest BCUT2D eigenvalue weighted by atomic mass is 35.5. The average Bonchev–Trinajstić information content (AvgIpc) is 3.22. The molecule has 0 saturated heterocycles. The van der Waals surface area contributed by atoms with Gasteiger partial charge in [-0.15, -0.1) is 0 Å². The maximum atomic E-state index is 14.0. The fourth-order valence-electron chi connectivity index (χ4n) is 6.32. The van der Waals surface area contributed by atoms with Crippen molar-refractivity contribution in [1.29, 1.82) is 10.5 Å². The van der Waals surface area contributed by atoms with E-state index in [-0.39, 0.29) is 56.8 Å². The first-order valence-corrected chi connectivity index (χ1v) is 14.5. The van der Waals surface area contributed by atoms with E-state index in [0.717, 1.165) is 11.1 Å². The standard InChI is InChI=1S/C34H22Cl2N2O6/c1-15(2)17-7-5-9-21-19(11-17)23(31(41)43-21)25-26(24-20-12-18(16(3)4)8-6-10-22(20)44-32(24)42)34(14-38)30(40)28(36)27(35)29(39)33(25,34)13-37/h5-12,15-16H,1-4H3. The van der Waals surface area contributed by atoms with Crippen molar-refractivity contribution in [3.05, 3.63) is 102 Å². The second-order valence-electron chi connectivity index (χ2n) is 11.5. The summed E-state index contributed by atoms with van der Waals surface area (Å²) >= 11 is 12.5. The van der Waals surface area contributed by atoms with Crippen LogP contribution < -0.4 is 11.3 Å². The van der Waals surface area contributed by atoms with Crippen molar-refractivity contribution in [1.82, 2.24) is 0 Å². The van der Waals surface area contributed by atoms with Gasteiger partial charge in [-0.1, -0.05) is 75.2 Å². The SMILES string of the molecule is CC(C)c1cccc2oc(=O)c(C3=C(c4c5cc(C(C)C)cccc-5oc4=O)C4(C#N)C(=O)C(Cl)=C(Cl)C(=O)C34C#N)c-2c1. The van der Waals surface area contributed by atoms with Gasteiger partial charge in [0.1, 0.15) is 21.6 Å². The highest BCUT2D eigenvalue weighted by Crippen LogP contribution is 2.72. The molecule has 218 valence electrons. The van der Waals surface area contributed by atoms with Crippen molar-refractivity contribution >= 4 is 45.9 Å². The van der Waals surface area contributed by atoms with Gasteiger partial charge in [0.25, 0.3) is 0 Å². The number of allylic oxidation sites excluding steroid dienone is 4. The van der Waals surface area contributed by atoms with Gasteiger partial charge in [0.05, 0.1) is 23.3 Å². The number of furan rings is 2. The number of hydrogen-bond donors (Lipinski definition) is 0. The molecule has 0 aromatic heterocycles. The molecule has 0 saturated carbocycles. The molecule has 2 aliphatic heterocycles. The minimum absolute atomic E-state index is 0.00369. The van der Waals surface area contributed by atoms with Crippen LogP contribution in [0.2, 0.25) is 0 Å². The number of halogens is 2. The lowest BCUT2D eigenvalue weighted by Gasteiger charge is -2.53. The third-order valence-electron chi connectivity index (χ3n) is 8.58. The highest BCUT2D eigenvalue weighted by Gasteiger charge is 2.78. The largest absolute Gasteiger partial charge is 0.422 e. The van der Waals surface area contributed by atoms with Crippen molar-refractivity contribution in [2.45, 2.75) is 39.5 Å². The van der Waals surface area contributed by atoms with Crippen LogP contribution in [-0.4, -0.2) is 11.6 Å². The Bertz CT molecular complexity index is 2020. The van der Waals surface area contributed by atoms with E-state index in [1.165, 1.54) is 0 Å². The lowest BCUT2D eigenvalue weighted by molar-refractivity contribution is -0.132. The van der Waals surface area contributed by atoms with Crippen LogP contribution in [0.1, 0.15) is 61.8 Å². The molecule has 0 N–H and O–H groups in total. The van der Waals surface area contributed by atoms with Gasteiger partial charge in [-0.25, -0.2) is 9.59 Å². The van der Waals surface area contributed by atoms with E-state index in [4.69, 9.17) is 32.0 Å². The predicted molar refractivity (Wildman–Crippen MR) is 163 cm³/mol. The highest BCUT2D eigenvalue weighted by molar-refractivity contribution is 6.60. The van der Waals surface area contributed by atoms with Gasteiger partial charge >= 0.3 is 11.3 Å². The first-order valence-electron chi connectivity index (χ1n) is 13.7. The summed E-state index contributed by atoms with van der Waals surface area (Å²) in [7, 11) is 0. The number of rotatable bonds is 4. The third-order valence-corrected chi connectivity index (χ3v) is 9.40. The molecular formula is C34H22Cl2N2O6. The van der Waals surface area contributed by atoms with Gasteiger partial charge in [-0.2, -0.15) is 10.5 Å². The van der Waals surface area contributed by atoms with Gasteiger partial charge in [0.15, 0.2) is 10.8 Å². The summed E-state index contributed by atoms with van der Waals surface area (Å²) in [5.41, 5.74) is -6.18. The molecule has 8 nitrogen and oxygen atoms in total. The summed E-state index contributed by atoms with van der Waals surface area (Å²) in [6.45, 7) is 7.75. The Morgan fingerprint density at radius 2 is 1.02 bits per heavy atom. The predicted octanol–water partition coefficient (Wildman–Crippen LogP) is 6.83. The minimum Gasteiger partial charge on any atom is -0.422 e. The molecule has 6 aliphatic rings. The van der Waals surface area contributed by atoms with Crippen LogP contribution in [0, 0.1) is 33.5 Å². The summed E-state index contributed by atoms with van der Waals surface area (Å²) in [5.74, 6) is -2.02. The molecular weight excluding hydrogens is 603 g/mol. The van der Waals surface area contributed by atoms with Crippen molar-refractivity contribution in [2.24, 2.45) is 10.8 Å². The third kappa shape index (κ3) is 3.50. The fraction of sp³-hybridized carbons (Fsp3) is 0.235. The van der Waals surface area contributed by atoms with E-state index >= 15 is 0 Å². The quantitative estimate of drug-likeness (QED) is 0.240. The zero-order chi connectivity index (χ0) is 31.9. The van der Waals surface area contributed by atoms with Crippen molar-refractivity contribution in [3.8, 4) is 34.8 Å². The Morgan fingerprint density at radius 1 is 0.659 bits per heavy atom. The first-order chi connectivity index (χ1) is 20.9. The van der Waals surface area contributed by atoms with Crippen molar-refractivity contribution in [2.75, 3.05) is 0 Å². The van der Waals surface area contributed by atoms with Crippen molar-refractivity contribution in [3.63, 3.8) is 0 Å². The summed E-state index contributed by atoms with van der Waals surface area (Å²) in [5, 5.41) is 20.0. The second-order valence-corrected chi connectivity index (χ2v) is 12.3. The molecule has 0 amide bonds. The molecule has 4 aliphatic carbocycles. The second kappa shape index (κ2) is 9.89. The fourth-order valence-corrected chi connectivity index (χ4v) is 6.77. The molecule has 2 atom stereocenters. The maximum absolute atomic E-state index is 14.0. The number of Topliss-reactive ketones (excluding diaryl/α,β-unsaturated/α-hetero) is 2. The van der Waals surface area contributed by atoms with E-state index in [1.807, 2.05) is 52.0 Å². The van der Waals surface area contributed by atoms with Gasteiger partial charge in [0.2, 0.25) is 11.6 Å². The molecule has 10 heteroatoms. The smallest absolute Gasteiger partial charge is 0.344 e. The van der Waals surface area contributed by atoms with E-state index in [0.29, 0.717) is 0 Å². The normalized spacial score (nSPS) is 21.6. The molecule has 0 bridgehead atoms. The molecule has 0 fully saturated rings. The molecule has 0 radical (unpaired) electrons. The van der Waals surface area contributed by atoms with Crippen LogP contribution in [0.5, 0.6) is 0 Å².